The van der Waals surface area contributed by atoms with Gasteiger partial charge in [-0.05, 0) is 37.7 Å². The summed E-state index contributed by atoms with van der Waals surface area (Å²) in [5.74, 6) is 0.485. The number of hydrogen-bond acceptors (Lipinski definition) is 3. The summed E-state index contributed by atoms with van der Waals surface area (Å²) in [6.45, 7) is 3.23. The van der Waals surface area contributed by atoms with Crippen LogP contribution in [0.25, 0.3) is 0 Å². The maximum atomic E-state index is 12.2. The molecule has 3 rings (SSSR count). The maximum Gasteiger partial charge on any atom is 0.323 e. The summed E-state index contributed by atoms with van der Waals surface area (Å²) in [5.41, 5.74) is 1.28. The third-order valence-corrected chi connectivity index (χ3v) is 4.45. The van der Waals surface area contributed by atoms with Crippen LogP contribution < -0.4 is 0 Å². The standard InChI is InChI=1S/C16H21NO2/c1-2-19-16(18)15-13-8-9-14(10-13)17(15)11-12-6-4-3-5-7-12/h3-7,13-15H,2,8-11H2,1H3/t13-,14+,15?/m1/s1. The molecule has 0 radical (unpaired) electrons. The molecule has 0 N–H and O–H groups in total. The molecule has 102 valence electrons. The summed E-state index contributed by atoms with van der Waals surface area (Å²) < 4.78 is 5.27. The zero-order chi connectivity index (χ0) is 13.2. The first-order chi connectivity index (χ1) is 9.29. The van der Waals surface area contributed by atoms with Crippen molar-refractivity contribution in [3.05, 3.63) is 35.9 Å². The van der Waals surface area contributed by atoms with E-state index in [2.05, 4.69) is 29.2 Å². The van der Waals surface area contributed by atoms with Crippen molar-refractivity contribution in [1.29, 1.82) is 0 Å². The van der Waals surface area contributed by atoms with Crippen LogP contribution in [0.1, 0.15) is 31.7 Å². The first kappa shape index (κ1) is 12.7. The Hall–Kier alpha value is -1.35. The molecule has 1 saturated heterocycles. The normalized spacial score (nSPS) is 29.6. The number of ether oxygens (including phenoxy) is 1. The lowest BCUT2D eigenvalue weighted by molar-refractivity contribution is -0.151. The predicted octanol–water partition coefficient (Wildman–Crippen LogP) is 2.60. The number of hydrogen-bond donors (Lipinski definition) is 0. The topological polar surface area (TPSA) is 29.5 Å². The first-order valence-corrected chi connectivity index (χ1v) is 7.26. The highest BCUT2D eigenvalue weighted by Crippen LogP contribution is 2.43. The maximum absolute atomic E-state index is 12.2. The van der Waals surface area contributed by atoms with Crippen LogP contribution in [-0.2, 0) is 16.1 Å². The smallest absolute Gasteiger partial charge is 0.323 e. The molecule has 0 spiro atoms. The molecule has 1 unspecified atom stereocenters. The minimum absolute atomic E-state index is 0.0149. The van der Waals surface area contributed by atoms with E-state index in [0.29, 0.717) is 18.6 Å². The molecule has 1 aliphatic carbocycles. The predicted molar refractivity (Wildman–Crippen MR) is 73.5 cm³/mol. The van der Waals surface area contributed by atoms with E-state index in [-0.39, 0.29) is 12.0 Å². The van der Waals surface area contributed by atoms with Gasteiger partial charge in [0.15, 0.2) is 0 Å². The number of piperidine rings is 1. The van der Waals surface area contributed by atoms with E-state index in [1.165, 1.54) is 18.4 Å². The van der Waals surface area contributed by atoms with Gasteiger partial charge in [-0.15, -0.1) is 0 Å². The summed E-state index contributed by atoms with van der Waals surface area (Å²) in [4.78, 5) is 14.5. The fraction of sp³-hybridized carbons (Fsp3) is 0.562. The van der Waals surface area contributed by atoms with Gasteiger partial charge in [0.2, 0.25) is 0 Å². The second-order valence-electron chi connectivity index (χ2n) is 5.58. The van der Waals surface area contributed by atoms with Gasteiger partial charge in [0.25, 0.3) is 0 Å². The molecule has 1 saturated carbocycles. The molecule has 19 heavy (non-hydrogen) atoms. The van der Waals surface area contributed by atoms with E-state index in [1.807, 2.05) is 13.0 Å². The molecule has 3 heteroatoms. The van der Waals surface area contributed by atoms with Crippen molar-refractivity contribution in [2.24, 2.45) is 5.92 Å². The SMILES string of the molecule is CCOC(=O)C1[C@@H]2CC[C@@H](C2)N1Cc1ccccc1. The van der Waals surface area contributed by atoms with E-state index in [9.17, 15) is 4.79 Å². The third kappa shape index (κ3) is 2.39. The third-order valence-electron chi connectivity index (χ3n) is 4.45. The second-order valence-corrected chi connectivity index (χ2v) is 5.58. The molecule has 1 aromatic carbocycles. The van der Waals surface area contributed by atoms with Crippen LogP contribution in [0.15, 0.2) is 30.3 Å². The molecule has 0 aromatic heterocycles. The second kappa shape index (κ2) is 5.33. The monoisotopic (exact) mass is 259 g/mol. The molecular weight excluding hydrogens is 238 g/mol. The number of fused-ring (bicyclic) bond motifs is 2. The number of benzene rings is 1. The van der Waals surface area contributed by atoms with Crippen molar-refractivity contribution in [3.63, 3.8) is 0 Å². The Morgan fingerprint density at radius 1 is 1.32 bits per heavy atom. The highest BCUT2D eigenvalue weighted by atomic mass is 16.5. The molecule has 1 heterocycles. The molecule has 1 aromatic rings. The van der Waals surface area contributed by atoms with Gasteiger partial charge in [0.05, 0.1) is 6.61 Å². The molecule has 2 fully saturated rings. The lowest BCUT2D eigenvalue weighted by Crippen LogP contribution is -2.46. The van der Waals surface area contributed by atoms with Gasteiger partial charge in [0.1, 0.15) is 6.04 Å². The van der Waals surface area contributed by atoms with Crippen molar-refractivity contribution in [2.45, 2.75) is 44.8 Å². The van der Waals surface area contributed by atoms with Crippen molar-refractivity contribution >= 4 is 5.97 Å². The van der Waals surface area contributed by atoms with Gasteiger partial charge in [-0.1, -0.05) is 30.3 Å². The molecule has 0 amide bonds. The highest BCUT2D eigenvalue weighted by molar-refractivity contribution is 5.77. The van der Waals surface area contributed by atoms with E-state index in [0.717, 1.165) is 13.0 Å². The summed E-state index contributed by atoms with van der Waals surface area (Å²) in [5, 5.41) is 0. The van der Waals surface area contributed by atoms with E-state index in [1.54, 1.807) is 0 Å². The Morgan fingerprint density at radius 3 is 2.84 bits per heavy atom. The van der Waals surface area contributed by atoms with Crippen LogP contribution in [0.5, 0.6) is 0 Å². The first-order valence-electron chi connectivity index (χ1n) is 7.26. The number of likely N-dealkylation sites (tertiary alicyclic amines) is 1. The largest absolute Gasteiger partial charge is 0.465 e. The Bertz CT molecular complexity index is 445. The lowest BCUT2D eigenvalue weighted by atomic mass is 9.98. The Kier molecular flexibility index (Phi) is 3.56. The van der Waals surface area contributed by atoms with E-state index in [4.69, 9.17) is 4.74 Å². The molecule has 2 aliphatic rings. The highest BCUT2D eigenvalue weighted by Gasteiger charge is 2.49. The Balaban J connectivity index is 1.76. The quantitative estimate of drug-likeness (QED) is 0.778. The number of carbonyl (C=O) groups excluding carboxylic acids is 1. The minimum atomic E-state index is -0.0226. The Morgan fingerprint density at radius 2 is 2.11 bits per heavy atom. The van der Waals surface area contributed by atoms with Gasteiger partial charge in [-0.25, -0.2) is 0 Å². The fourth-order valence-electron chi connectivity index (χ4n) is 3.65. The van der Waals surface area contributed by atoms with E-state index < -0.39 is 0 Å². The van der Waals surface area contributed by atoms with Crippen molar-refractivity contribution in [1.82, 2.24) is 4.90 Å². The van der Waals surface area contributed by atoms with Crippen molar-refractivity contribution in [2.75, 3.05) is 6.61 Å². The number of carbonyl (C=O) groups is 1. The molecule has 3 atom stereocenters. The minimum Gasteiger partial charge on any atom is -0.465 e. The van der Waals surface area contributed by atoms with Crippen LogP contribution in [0.3, 0.4) is 0 Å². The molecule has 2 bridgehead atoms. The van der Waals surface area contributed by atoms with Crippen LogP contribution in [-0.4, -0.2) is 29.6 Å². The molecular formula is C16H21NO2. The van der Waals surface area contributed by atoms with Gasteiger partial charge >= 0.3 is 5.97 Å². The van der Waals surface area contributed by atoms with Crippen LogP contribution >= 0.6 is 0 Å². The number of nitrogens with zero attached hydrogens (tertiary/aromatic N) is 1. The van der Waals surface area contributed by atoms with Gasteiger partial charge in [-0.2, -0.15) is 0 Å². The summed E-state index contributed by atoms with van der Waals surface area (Å²) in [7, 11) is 0. The molecule has 3 nitrogen and oxygen atoms in total. The average molecular weight is 259 g/mol. The van der Waals surface area contributed by atoms with Crippen LogP contribution in [0, 0.1) is 5.92 Å². The van der Waals surface area contributed by atoms with E-state index >= 15 is 0 Å². The number of rotatable bonds is 4. The zero-order valence-electron chi connectivity index (χ0n) is 11.4. The lowest BCUT2D eigenvalue weighted by Gasteiger charge is -2.33. The zero-order valence-corrected chi connectivity index (χ0v) is 11.4. The van der Waals surface area contributed by atoms with Crippen LogP contribution in [0.4, 0.5) is 0 Å². The van der Waals surface area contributed by atoms with Gasteiger partial charge in [-0.3, -0.25) is 9.69 Å². The number of esters is 1. The average Bonchev–Trinajstić information content (AvgIpc) is 3.01. The van der Waals surface area contributed by atoms with Crippen molar-refractivity contribution in [3.8, 4) is 0 Å². The van der Waals surface area contributed by atoms with Crippen LogP contribution in [0.2, 0.25) is 0 Å². The van der Waals surface area contributed by atoms with Gasteiger partial charge in [0, 0.05) is 12.6 Å². The summed E-state index contributed by atoms with van der Waals surface area (Å²) in [6.07, 6.45) is 3.57. The van der Waals surface area contributed by atoms with Gasteiger partial charge < -0.3 is 4.74 Å². The summed E-state index contributed by atoms with van der Waals surface area (Å²) >= 11 is 0. The fourth-order valence-corrected chi connectivity index (χ4v) is 3.65. The summed E-state index contributed by atoms with van der Waals surface area (Å²) in [6, 6.07) is 11.0. The molecule has 1 aliphatic heterocycles. The van der Waals surface area contributed by atoms with Crippen molar-refractivity contribution < 1.29 is 9.53 Å². The Labute approximate surface area is 114 Å².